The van der Waals surface area contributed by atoms with Crippen LogP contribution < -0.4 is 10.1 Å². The van der Waals surface area contributed by atoms with Crippen LogP contribution in [0.5, 0.6) is 5.75 Å². The molecule has 1 N–H and O–H groups in total. The van der Waals surface area contributed by atoms with E-state index in [1.807, 2.05) is 7.05 Å². The summed E-state index contributed by atoms with van der Waals surface area (Å²) in [6.07, 6.45) is 0.666. The minimum atomic E-state index is -2.82. The van der Waals surface area contributed by atoms with Gasteiger partial charge in [-0.05, 0) is 19.2 Å². The molecule has 4 heteroatoms. The van der Waals surface area contributed by atoms with Crippen LogP contribution in [0.4, 0.5) is 8.78 Å². The molecule has 0 aliphatic carbocycles. The Morgan fingerprint density at radius 2 is 2.12 bits per heavy atom. The lowest BCUT2D eigenvalue weighted by Crippen LogP contribution is -2.06. The third kappa shape index (κ3) is 4.28. The molecule has 0 atom stereocenters. The Labute approximate surface area is 93.6 Å². The van der Waals surface area contributed by atoms with E-state index in [4.69, 9.17) is 0 Å². The summed E-state index contributed by atoms with van der Waals surface area (Å²) in [6.45, 7) is -2.05. The van der Waals surface area contributed by atoms with Gasteiger partial charge in [-0.3, -0.25) is 0 Å². The number of hydrogen-bond acceptors (Lipinski definition) is 2. The number of benzene rings is 1. The average molecular weight is 225 g/mol. The fourth-order valence-corrected chi connectivity index (χ4v) is 1.11. The highest BCUT2D eigenvalue weighted by Gasteiger charge is 2.06. The maximum atomic E-state index is 12.1. The molecule has 1 rings (SSSR count). The van der Waals surface area contributed by atoms with Crippen LogP contribution >= 0.6 is 0 Å². The fraction of sp³-hybridized carbons (Fsp3) is 0.333. The predicted molar refractivity (Wildman–Crippen MR) is 58.5 cm³/mol. The summed E-state index contributed by atoms with van der Waals surface area (Å²) in [5, 5.41) is 2.95. The number of nitrogens with one attached hydrogen (secondary N) is 1. The van der Waals surface area contributed by atoms with Gasteiger partial charge in [0.25, 0.3) is 0 Å². The van der Waals surface area contributed by atoms with Crippen molar-refractivity contribution < 1.29 is 13.5 Å². The van der Waals surface area contributed by atoms with E-state index < -0.39 is 6.61 Å². The summed E-state index contributed by atoms with van der Waals surface area (Å²) in [5.74, 6) is 5.80. The highest BCUT2D eigenvalue weighted by Crippen LogP contribution is 2.18. The lowest BCUT2D eigenvalue weighted by atomic mass is 10.2. The summed E-state index contributed by atoms with van der Waals surface area (Å²) < 4.78 is 28.5. The van der Waals surface area contributed by atoms with Crippen LogP contribution in [0.25, 0.3) is 0 Å². The van der Waals surface area contributed by atoms with E-state index in [-0.39, 0.29) is 5.75 Å². The molecule has 0 saturated heterocycles. The molecular weight excluding hydrogens is 212 g/mol. The van der Waals surface area contributed by atoms with Crippen LogP contribution in [0.2, 0.25) is 0 Å². The molecule has 1 aromatic carbocycles. The van der Waals surface area contributed by atoms with E-state index in [2.05, 4.69) is 21.9 Å². The van der Waals surface area contributed by atoms with Gasteiger partial charge in [0, 0.05) is 13.0 Å². The SMILES string of the molecule is CNCCC#Cc1ccccc1OC(F)F. The molecule has 0 heterocycles. The zero-order valence-corrected chi connectivity index (χ0v) is 8.97. The van der Waals surface area contributed by atoms with Crippen LogP contribution in [-0.2, 0) is 0 Å². The molecule has 0 amide bonds. The van der Waals surface area contributed by atoms with Gasteiger partial charge in [0.1, 0.15) is 5.75 Å². The topological polar surface area (TPSA) is 21.3 Å². The molecular formula is C12H13F2NO. The molecule has 0 aliphatic rings. The summed E-state index contributed by atoms with van der Waals surface area (Å²) in [4.78, 5) is 0. The maximum absolute atomic E-state index is 12.1. The fourth-order valence-electron chi connectivity index (χ4n) is 1.11. The summed E-state index contributed by atoms with van der Waals surface area (Å²) in [7, 11) is 1.83. The monoisotopic (exact) mass is 225 g/mol. The van der Waals surface area contributed by atoms with Crippen LogP contribution in [0.15, 0.2) is 24.3 Å². The number of para-hydroxylation sites is 1. The molecule has 2 nitrogen and oxygen atoms in total. The Bertz CT molecular complexity index is 382. The first-order valence-electron chi connectivity index (χ1n) is 4.91. The zero-order valence-electron chi connectivity index (χ0n) is 8.97. The molecule has 0 saturated carbocycles. The molecule has 1 aromatic rings. The van der Waals surface area contributed by atoms with Crippen molar-refractivity contribution in [1.82, 2.24) is 5.32 Å². The van der Waals surface area contributed by atoms with Crippen LogP contribution in [-0.4, -0.2) is 20.2 Å². The van der Waals surface area contributed by atoms with Crippen molar-refractivity contribution >= 4 is 0 Å². The first kappa shape index (κ1) is 12.5. The number of halogens is 2. The molecule has 0 fully saturated rings. The van der Waals surface area contributed by atoms with Crippen molar-refractivity contribution in [2.45, 2.75) is 13.0 Å². The molecule has 16 heavy (non-hydrogen) atoms. The van der Waals surface area contributed by atoms with Crippen molar-refractivity contribution in [2.75, 3.05) is 13.6 Å². The predicted octanol–water partition coefficient (Wildman–Crippen LogP) is 2.25. The van der Waals surface area contributed by atoms with E-state index in [9.17, 15) is 8.78 Å². The standard InChI is InChI=1S/C12H13F2NO/c1-15-9-5-4-7-10-6-2-3-8-11(10)16-12(13)14/h2-3,6,8,12,15H,5,9H2,1H3. The Balaban J connectivity index is 2.73. The van der Waals surface area contributed by atoms with Gasteiger partial charge in [-0.2, -0.15) is 8.78 Å². The molecule has 0 aromatic heterocycles. The second-order valence-corrected chi connectivity index (χ2v) is 3.03. The van der Waals surface area contributed by atoms with E-state index in [1.165, 1.54) is 6.07 Å². The Morgan fingerprint density at radius 3 is 2.81 bits per heavy atom. The summed E-state index contributed by atoms with van der Waals surface area (Å²) >= 11 is 0. The van der Waals surface area contributed by atoms with Gasteiger partial charge < -0.3 is 10.1 Å². The van der Waals surface area contributed by atoms with Crippen molar-refractivity contribution in [3.05, 3.63) is 29.8 Å². The minimum absolute atomic E-state index is 0.120. The third-order valence-electron chi connectivity index (χ3n) is 1.83. The quantitative estimate of drug-likeness (QED) is 0.627. The van der Waals surface area contributed by atoms with E-state index >= 15 is 0 Å². The van der Waals surface area contributed by atoms with Gasteiger partial charge >= 0.3 is 6.61 Å². The first-order valence-corrected chi connectivity index (χ1v) is 4.91. The smallest absolute Gasteiger partial charge is 0.387 e. The van der Waals surface area contributed by atoms with Crippen molar-refractivity contribution in [3.63, 3.8) is 0 Å². The van der Waals surface area contributed by atoms with E-state index in [0.717, 1.165) is 6.54 Å². The Morgan fingerprint density at radius 1 is 1.38 bits per heavy atom. The van der Waals surface area contributed by atoms with Crippen molar-refractivity contribution in [2.24, 2.45) is 0 Å². The van der Waals surface area contributed by atoms with E-state index in [0.29, 0.717) is 12.0 Å². The largest absolute Gasteiger partial charge is 0.434 e. The van der Waals surface area contributed by atoms with Crippen molar-refractivity contribution in [1.29, 1.82) is 0 Å². The van der Waals surface area contributed by atoms with Gasteiger partial charge in [-0.1, -0.05) is 24.0 Å². The molecule has 0 aliphatic heterocycles. The second kappa shape index (κ2) is 6.81. The zero-order chi connectivity index (χ0) is 11.8. The molecule has 0 bridgehead atoms. The van der Waals surface area contributed by atoms with Gasteiger partial charge in [-0.25, -0.2) is 0 Å². The first-order chi connectivity index (χ1) is 7.74. The van der Waals surface area contributed by atoms with Gasteiger partial charge in [0.2, 0.25) is 0 Å². The Kier molecular flexibility index (Phi) is 5.30. The highest BCUT2D eigenvalue weighted by molar-refractivity contribution is 5.45. The normalized spacial score (nSPS) is 9.75. The minimum Gasteiger partial charge on any atom is -0.434 e. The molecule has 86 valence electrons. The van der Waals surface area contributed by atoms with Crippen molar-refractivity contribution in [3.8, 4) is 17.6 Å². The van der Waals surface area contributed by atoms with Crippen LogP contribution in [0, 0.1) is 11.8 Å². The number of alkyl halides is 2. The van der Waals surface area contributed by atoms with E-state index in [1.54, 1.807) is 18.2 Å². The summed E-state index contributed by atoms with van der Waals surface area (Å²) in [5.41, 5.74) is 0.485. The number of hydrogen-bond donors (Lipinski definition) is 1. The van der Waals surface area contributed by atoms with Crippen LogP contribution in [0.1, 0.15) is 12.0 Å². The van der Waals surface area contributed by atoms with Gasteiger partial charge in [-0.15, -0.1) is 0 Å². The molecule has 0 spiro atoms. The summed E-state index contributed by atoms with van der Waals surface area (Å²) in [6, 6.07) is 6.51. The lowest BCUT2D eigenvalue weighted by molar-refractivity contribution is -0.0500. The highest BCUT2D eigenvalue weighted by atomic mass is 19.3. The average Bonchev–Trinajstić information content (AvgIpc) is 2.26. The molecule has 0 radical (unpaired) electrons. The van der Waals surface area contributed by atoms with Gasteiger partial charge in [0.05, 0.1) is 5.56 Å². The maximum Gasteiger partial charge on any atom is 0.387 e. The number of ether oxygens (including phenoxy) is 1. The second-order valence-electron chi connectivity index (χ2n) is 3.03. The number of rotatable bonds is 4. The van der Waals surface area contributed by atoms with Crippen LogP contribution in [0.3, 0.4) is 0 Å². The lowest BCUT2D eigenvalue weighted by Gasteiger charge is -2.05. The third-order valence-corrected chi connectivity index (χ3v) is 1.83. The Hall–Kier alpha value is -1.60. The molecule has 0 unspecified atom stereocenters. The van der Waals surface area contributed by atoms with Gasteiger partial charge in [0.15, 0.2) is 0 Å².